The maximum absolute atomic E-state index is 10.3. The maximum Gasteiger partial charge on any atom is 0.308 e. The lowest BCUT2D eigenvalue weighted by atomic mass is 10.5. The summed E-state index contributed by atoms with van der Waals surface area (Å²) in [6.07, 6.45) is 0.105. The minimum absolute atomic E-state index is 0. The summed E-state index contributed by atoms with van der Waals surface area (Å²) in [7, 11) is 0. The fourth-order valence-electron chi connectivity index (χ4n) is 0.324. The predicted molar refractivity (Wildman–Crippen MR) is 31.9 cm³/mol. The van der Waals surface area contributed by atoms with Crippen LogP contribution in [0.1, 0.15) is 13.3 Å². The molecule has 0 saturated carbocycles. The molecule has 3 N–H and O–H groups in total. The largest absolute Gasteiger partial charge is 0.466 e. The van der Waals surface area contributed by atoms with Gasteiger partial charge in [-0.2, -0.15) is 0 Å². The average molecular weight is 136 g/mol. The van der Waals surface area contributed by atoms with Crippen LogP contribution in [0.15, 0.2) is 0 Å². The predicted octanol–water partition coefficient (Wildman–Crippen LogP) is -0.893. The van der Waals surface area contributed by atoms with Crippen LogP contribution >= 0.6 is 0 Å². The van der Waals surface area contributed by atoms with E-state index < -0.39 is 0 Å². The summed E-state index contributed by atoms with van der Waals surface area (Å²) >= 11 is 0. The Morgan fingerprint density at radius 2 is 2.22 bits per heavy atom. The lowest BCUT2D eigenvalue weighted by molar-refractivity contribution is -0.143. The highest BCUT2D eigenvalue weighted by Gasteiger charge is 1.96. The van der Waals surface area contributed by atoms with Crippen LogP contribution in [-0.4, -0.2) is 29.8 Å². The van der Waals surface area contributed by atoms with Crippen molar-refractivity contribution in [3.63, 3.8) is 0 Å². The van der Waals surface area contributed by atoms with Crippen molar-refractivity contribution in [3.05, 3.63) is 0 Å². The van der Waals surface area contributed by atoms with Gasteiger partial charge in [-0.25, -0.2) is 0 Å². The summed E-state index contributed by atoms with van der Waals surface area (Å²) in [6, 6.07) is 0. The molecule has 0 fully saturated rings. The molecule has 0 saturated heterocycles. The lowest BCUT2D eigenvalue weighted by Crippen LogP contribution is -2.05. The zero-order chi connectivity index (χ0) is 6.41. The molecule has 4 heteroatoms. The number of carbonyl (C=O) groups excluding carboxylic acids is 1. The van der Waals surface area contributed by atoms with Gasteiger partial charge in [-0.3, -0.25) is 4.79 Å². The molecule has 4 nitrogen and oxygen atoms in total. The lowest BCUT2D eigenvalue weighted by Gasteiger charge is -1.96. The van der Waals surface area contributed by atoms with Gasteiger partial charge in [-0.05, 0) is 6.92 Å². The van der Waals surface area contributed by atoms with Crippen molar-refractivity contribution in [2.75, 3.05) is 13.2 Å². The molecule has 0 aromatic rings. The highest BCUT2D eigenvalue weighted by atomic mass is 16.5. The molecule has 0 bridgehead atoms. The van der Waals surface area contributed by atoms with Gasteiger partial charge >= 0.3 is 5.97 Å². The minimum atomic E-state index is -0.338. The van der Waals surface area contributed by atoms with E-state index in [1.807, 2.05) is 0 Å². The molecule has 56 valence electrons. The Balaban J connectivity index is 0. The normalized spacial score (nSPS) is 7.78. The second-order valence-corrected chi connectivity index (χ2v) is 1.28. The fraction of sp³-hybridized carbons (Fsp3) is 0.800. The van der Waals surface area contributed by atoms with Crippen molar-refractivity contribution in [3.8, 4) is 0 Å². The van der Waals surface area contributed by atoms with E-state index >= 15 is 0 Å². The van der Waals surface area contributed by atoms with E-state index in [-0.39, 0.29) is 24.5 Å². The SMILES string of the molecule is CCOC(=O)CCO.O. The zero-order valence-corrected chi connectivity index (χ0v) is 5.39. The molecule has 9 heavy (non-hydrogen) atoms. The molecule has 0 amide bonds. The first-order valence-electron chi connectivity index (χ1n) is 2.57. The first kappa shape index (κ1) is 11.2. The molecular weight excluding hydrogens is 124 g/mol. The van der Waals surface area contributed by atoms with Crippen LogP contribution in [0, 0.1) is 0 Å². The van der Waals surface area contributed by atoms with E-state index in [1.165, 1.54) is 0 Å². The summed E-state index contributed by atoms with van der Waals surface area (Å²) in [5, 5.41) is 8.16. The van der Waals surface area contributed by atoms with Gasteiger partial charge in [0, 0.05) is 0 Å². The van der Waals surface area contributed by atoms with Crippen molar-refractivity contribution >= 4 is 5.97 Å². The summed E-state index contributed by atoms with van der Waals surface area (Å²) in [5.41, 5.74) is 0. The van der Waals surface area contributed by atoms with Gasteiger partial charge in [0.05, 0.1) is 19.6 Å². The van der Waals surface area contributed by atoms with Crippen molar-refractivity contribution < 1.29 is 20.1 Å². The van der Waals surface area contributed by atoms with Crippen LogP contribution in [-0.2, 0) is 9.53 Å². The van der Waals surface area contributed by atoms with E-state index in [1.54, 1.807) is 6.92 Å². The highest BCUT2D eigenvalue weighted by Crippen LogP contribution is 1.82. The van der Waals surface area contributed by atoms with Crippen molar-refractivity contribution in [1.82, 2.24) is 0 Å². The van der Waals surface area contributed by atoms with Crippen LogP contribution in [0.3, 0.4) is 0 Å². The molecule has 0 aromatic carbocycles. The first-order chi connectivity index (χ1) is 3.81. The minimum Gasteiger partial charge on any atom is -0.466 e. The Hall–Kier alpha value is -0.610. The van der Waals surface area contributed by atoms with Crippen LogP contribution < -0.4 is 0 Å². The monoisotopic (exact) mass is 136 g/mol. The molecule has 0 rings (SSSR count). The second kappa shape index (κ2) is 7.39. The quantitative estimate of drug-likeness (QED) is 0.511. The number of aliphatic hydroxyl groups is 1. The molecular formula is C5H12O4. The molecule has 0 aliphatic heterocycles. The molecule has 0 heterocycles. The summed E-state index contributed by atoms with van der Waals surface area (Å²) in [6.45, 7) is 1.99. The Labute approximate surface area is 53.7 Å². The van der Waals surface area contributed by atoms with E-state index in [0.29, 0.717) is 6.61 Å². The van der Waals surface area contributed by atoms with Gasteiger partial charge < -0.3 is 15.3 Å². The van der Waals surface area contributed by atoms with E-state index in [2.05, 4.69) is 4.74 Å². The molecule has 0 radical (unpaired) electrons. The zero-order valence-electron chi connectivity index (χ0n) is 5.39. The van der Waals surface area contributed by atoms with Gasteiger partial charge in [0.15, 0.2) is 0 Å². The van der Waals surface area contributed by atoms with Crippen LogP contribution in [0.25, 0.3) is 0 Å². The van der Waals surface area contributed by atoms with Crippen LogP contribution in [0.4, 0.5) is 0 Å². The molecule has 0 aliphatic rings. The third kappa shape index (κ3) is 7.39. The highest BCUT2D eigenvalue weighted by molar-refractivity contribution is 5.69. The average Bonchev–Trinajstić information content (AvgIpc) is 1.68. The van der Waals surface area contributed by atoms with Gasteiger partial charge in [-0.1, -0.05) is 0 Å². The molecule has 0 spiro atoms. The van der Waals surface area contributed by atoms with E-state index in [4.69, 9.17) is 5.11 Å². The molecule has 0 unspecified atom stereocenters. The van der Waals surface area contributed by atoms with Crippen LogP contribution in [0.5, 0.6) is 0 Å². The number of hydrogen-bond acceptors (Lipinski definition) is 3. The van der Waals surface area contributed by atoms with Crippen LogP contribution in [0.2, 0.25) is 0 Å². The smallest absolute Gasteiger partial charge is 0.308 e. The number of rotatable bonds is 3. The van der Waals surface area contributed by atoms with Crippen molar-refractivity contribution in [1.29, 1.82) is 0 Å². The second-order valence-electron chi connectivity index (χ2n) is 1.28. The fourth-order valence-corrected chi connectivity index (χ4v) is 0.324. The van der Waals surface area contributed by atoms with Gasteiger partial charge in [0.25, 0.3) is 0 Å². The number of carbonyl (C=O) groups is 1. The van der Waals surface area contributed by atoms with Gasteiger partial charge in [0.1, 0.15) is 0 Å². The third-order valence-corrected chi connectivity index (χ3v) is 0.621. The van der Waals surface area contributed by atoms with Gasteiger partial charge in [-0.15, -0.1) is 0 Å². The molecule has 0 aromatic heterocycles. The Morgan fingerprint density at radius 1 is 1.67 bits per heavy atom. The Morgan fingerprint density at radius 3 is 2.56 bits per heavy atom. The molecule has 0 aliphatic carbocycles. The Kier molecular flexibility index (Phi) is 9.21. The van der Waals surface area contributed by atoms with Crippen molar-refractivity contribution in [2.24, 2.45) is 0 Å². The summed E-state index contributed by atoms with van der Waals surface area (Å²) in [5.74, 6) is -0.338. The Bertz CT molecular complexity index is 63.4. The first-order valence-corrected chi connectivity index (χ1v) is 2.57. The topological polar surface area (TPSA) is 78.0 Å². The number of aliphatic hydroxyl groups excluding tert-OH is 1. The summed E-state index contributed by atoms with van der Waals surface area (Å²) in [4.78, 5) is 10.3. The third-order valence-electron chi connectivity index (χ3n) is 0.621. The standard InChI is InChI=1S/C5H10O3.H2O/c1-2-8-5(7)3-4-6;/h6H,2-4H2,1H3;1H2. The molecule has 0 atom stereocenters. The van der Waals surface area contributed by atoms with E-state index in [0.717, 1.165) is 0 Å². The maximum atomic E-state index is 10.3. The van der Waals surface area contributed by atoms with E-state index in [9.17, 15) is 4.79 Å². The number of hydrogen-bond donors (Lipinski definition) is 1. The number of ether oxygens (including phenoxy) is 1. The summed E-state index contributed by atoms with van der Waals surface area (Å²) < 4.78 is 4.48. The van der Waals surface area contributed by atoms with Crippen molar-refractivity contribution in [2.45, 2.75) is 13.3 Å². The number of esters is 1. The van der Waals surface area contributed by atoms with Gasteiger partial charge in [0.2, 0.25) is 0 Å².